The number of thiophene rings is 1. The third-order valence-electron chi connectivity index (χ3n) is 4.17. The number of benzene rings is 1. The highest BCUT2D eigenvalue weighted by Gasteiger charge is 2.19. The number of pyridine rings is 1. The molecule has 0 amide bonds. The van der Waals surface area contributed by atoms with Gasteiger partial charge in [0.05, 0.1) is 34.8 Å². The van der Waals surface area contributed by atoms with E-state index in [0.29, 0.717) is 34.6 Å². The summed E-state index contributed by atoms with van der Waals surface area (Å²) in [4.78, 5) is 18.6. The smallest absolute Gasteiger partial charge is 0.344 e. The van der Waals surface area contributed by atoms with Crippen LogP contribution in [-0.2, 0) is 6.54 Å². The number of carbonyl (C=O) groups excluding carboxylic acids is 1. The number of methoxy groups -OCH3 is 1. The van der Waals surface area contributed by atoms with Gasteiger partial charge in [0.15, 0.2) is 5.65 Å². The highest BCUT2D eigenvalue weighted by molar-refractivity contribution is 7.13. The van der Waals surface area contributed by atoms with E-state index in [-0.39, 0.29) is 0 Å². The van der Waals surface area contributed by atoms with Crippen LogP contribution in [0.2, 0.25) is 0 Å². The highest BCUT2D eigenvalue weighted by Crippen LogP contribution is 2.29. The van der Waals surface area contributed by atoms with E-state index < -0.39 is 5.97 Å². The van der Waals surface area contributed by atoms with E-state index in [1.807, 2.05) is 24.4 Å². The van der Waals surface area contributed by atoms with Gasteiger partial charge in [-0.15, -0.1) is 11.3 Å². The largest absolute Gasteiger partial charge is 0.497 e. The molecule has 0 aliphatic rings. The zero-order valence-electron chi connectivity index (χ0n) is 14.9. The number of hydrogen-bond donors (Lipinski definition) is 0. The van der Waals surface area contributed by atoms with E-state index in [2.05, 4.69) is 5.10 Å². The molecule has 3 aromatic heterocycles. The van der Waals surface area contributed by atoms with Crippen LogP contribution in [0, 0.1) is 0 Å². The first-order valence-electron chi connectivity index (χ1n) is 8.46. The summed E-state index contributed by atoms with van der Waals surface area (Å²) in [6.07, 6.45) is 1.66. The molecule has 0 unspecified atom stereocenters. The molecule has 0 fully saturated rings. The van der Waals surface area contributed by atoms with Crippen molar-refractivity contribution in [1.29, 1.82) is 0 Å². The topological polar surface area (TPSA) is 66.2 Å². The molecular formula is C20H17N3O3S. The maximum atomic E-state index is 12.9. The molecule has 0 aliphatic carbocycles. The molecular weight excluding hydrogens is 362 g/mol. The van der Waals surface area contributed by atoms with E-state index >= 15 is 0 Å². The van der Waals surface area contributed by atoms with Gasteiger partial charge in [-0.05, 0) is 48.7 Å². The van der Waals surface area contributed by atoms with Crippen molar-refractivity contribution in [3.05, 3.63) is 59.6 Å². The second-order valence-electron chi connectivity index (χ2n) is 5.80. The minimum Gasteiger partial charge on any atom is -0.497 e. The molecule has 6 nitrogen and oxygen atoms in total. The monoisotopic (exact) mass is 379 g/mol. The fraction of sp³-hybridized carbons (Fsp3) is 0.150. The van der Waals surface area contributed by atoms with Crippen molar-refractivity contribution in [1.82, 2.24) is 14.8 Å². The summed E-state index contributed by atoms with van der Waals surface area (Å²) in [5, 5.41) is 7.00. The summed E-state index contributed by atoms with van der Waals surface area (Å²) in [5.41, 5.74) is 1.85. The summed E-state index contributed by atoms with van der Waals surface area (Å²) in [6, 6.07) is 12.6. The third-order valence-corrected chi connectivity index (χ3v) is 5.06. The maximum absolute atomic E-state index is 12.9. The Labute approximate surface area is 160 Å². The molecule has 3 heterocycles. The molecule has 7 heteroatoms. The van der Waals surface area contributed by atoms with Gasteiger partial charge < -0.3 is 9.47 Å². The van der Waals surface area contributed by atoms with Crippen LogP contribution in [0.25, 0.3) is 21.6 Å². The minimum atomic E-state index is -0.443. The maximum Gasteiger partial charge on any atom is 0.344 e. The van der Waals surface area contributed by atoms with E-state index in [0.717, 1.165) is 10.6 Å². The quantitative estimate of drug-likeness (QED) is 0.380. The molecule has 136 valence electrons. The number of aryl methyl sites for hydroxylation is 1. The molecule has 4 rings (SSSR count). The fourth-order valence-corrected chi connectivity index (χ4v) is 3.49. The van der Waals surface area contributed by atoms with Crippen molar-refractivity contribution in [3.8, 4) is 22.1 Å². The zero-order chi connectivity index (χ0) is 18.8. The molecule has 0 aliphatic heterocycles. The predicted molar refractivity (Wildman–Crippen MR) is 104 cm³/mol. The molecule has 0 radical (unpaired) electrons. The number of rotatable bonds is 5. The van der Waals surface area contributed by atoms with E-state index in [1.165, 1.54) is 0 Å². The van der Waals surface area contributed by atoms with Gasteiger partial charge in [-0.25, -0.2) is 14.5 Å². The Morgan fingerprint density at radius 1 is 1.19 bits per heavy atom. The van der Waals surface area contributed by atoms with Crippen molar-refractivity contribution < 1.29 is 14.3 Å². The Morgan fingerprint density at radius 3 is 2.63 bits per heavy atom. The van der Waals surface area contributed by atoms with Crippen LogP contribution < -0.4 is 9.47 Å². The first-order chi connectivity index (χ1) is 13.2. The zero-order valence-corrected chi connectivity index (χ0v) is 15.7. The lowest BCUT2D eigenvalue weighted by atomic mass is 10.1. The Bertz CT molecular complexity index is 1090. The molecule has 0 atom stereocenters. The average molecular weight is 379 g/mol. The molecule has 1 aromatic carbocycles. The van der Waals surface area contributed by atoms with Gasteiger partial charge in [-0.1, -0.05) is 6.07 Å². The molecule has 0 spiro atoms. The Morgan fingerprint density at radius 2 is 1.96 bits per heavy atom. The molecule has 4 aromatic rings. The van der Waals surface area contributed by atoms with Crippen molar-refractivity contribution in [3.63, 3.8) is 0 Å². The van der Waals surface area contributed by atoms with Crippen LogP contribution in [0.4, 0.5) is 0 Å². The van der Waals surface area contributed by atoms with Gasteiger partial charge in [0, 0.05) is 6.54 Å². The van der Waals surface area contributed by atoms with Crippen LogP contribution in [0.15, 0.2) is 54.0 Å². The molecule has 0 bridgehead atoms. The number of fused-ring (bicyclic) bond motifs is 1. The summed E-state index contributed by atoms with van der Waals surface area (Å²) in [5.74, 6) is 0.706. The predicted octanol–water partition coefficient (Wildman–Crippen LogP) is 4.41. The van der Waals surface area contributed by atoms with E-state index in [4.69, 9.17) is 14.5 Å². The van der Waals surface area contributed by atoms with Gasteiger partial charge in [-0.3, -0.25) is 0 Å². The fourth-order valence-electron chi connectivity index (χ4n) is 2.80. The second-order valence-corrected chi connectivity index (χ2v) is 6.74. The number of carbonyl (C=O) groups is 1. The highest BCUT2D eigenvalue weighted by atomic mass is 32.1. The van der Waals surface area contributed by atoms with Crippen LogP contribution in [0.5, 0.6) is 11.5 Å². The molecule has 0 saturated carbocycles. The summed E-state index contributed by atoms with van der Waals surface area (Å²) in [7, 11) is 1.59. The third kappa shape index (κ3) is 3.29. The van der Waals surface area contributed by atoms with Gasteiger partial charge in [0.2, 0.25) is 0 Å². The Kier molecular flexibility index (Phi) is 4.60. The van der Waals surface area contributed by atoms with Gasteiger partial charge in [-0.2, -0.15) is 5.10 Å². The first-order valence-corrected chi connectivity index (χ1v) is 9.34. The van der Waals surface area contributed by atoms with Crippen molar-refractivity contribution >= 4 is 28.3 Å². The summed E-state index contributed by atoms with van der Waals surface area (Å²) in [6.45, 7) is 2.65. The van der Waals surface area contributed by atoms with Crippen LogP contribution >= 0.6 is 11.3 Å². The van der Waals surface area contributed by atoms with Gasteiger partial charge >= 0.3 is 5.97 Å². The molecule has 0 saturated heterocycles. The number of hydrogen-bond acceptors (Lipinski definition) is 6. The first kappa shape index (κ1) is 17.2. The minimum absolute atomic E-state index is 0.443. The van der Waals surface area contributed by atoms with Crippen molar-refractivity contribution in [2.75, 3.05) is 7.11 Å². The Hall–Kier alpha value is -3.19. The van der Waals surface area contributed by atoms with Crippen LogP contribution in [0.3, 0.4) is 0 Å². The van der Waals surface area contributed by atoms with E-state index in [1.54, 1.807) is 59.7 Å². The normalized spacial score (nSPS) is 10.9. The lowest BCUT2D eigenvalue weighted by molar-refractivity contribution is 0.0736. The summed E-state index contributed by atoms with van der Waals surface area (Å²) < 4.78 is 12.5. The average Bonchev–Trinajstić information content (AvgIpc) is 3.37. The number of ether oxygens (including phenoxy) is 2. The lowest BCUT2D eigenvalue weighted by Gasteiger charge is -2.08. The van der Waals surface area contributed by atoms with Gasteiger partial charge in [0.1, 0.15) is 11.5 Å². The van der Waals surface area contributed by atoms with Crippen LogP contribution in [-0.4, -0.2) is 27.8 Å². The SMILES string of the molecule is CCn1ncc2c(C(=O)Oc3ccc(OC)cc3)cc(-c3cccs3)nc21. The number of esters is 1. The number of nitrogens with zero attached hydrogens (tertiary/aromatic N) is 3. The lowest BCUT2D eigenvalue weighted by Crippen LogP contribution is -2.10. The van der Waals surface area contributed by atoms with Crippen molar-refractivity contribution in [2.45, 2.75) is 13.5 Å². The molecule has 27 heavy (non-hydrogen) atoms. The van der Waals surface area contributed by atoms with Gasteiger partial charge in [0.25, 0.3) is 0 Å². The summed E-state index contributed by atoms with van der Waals surface area (Å²) >= 11 is 1.57. The standard InChI is InChI=1S/C20H17N3O3S/c1-3-23-19-16(12-21-23)15(11-17(22-19)18-5-4-10-27-18)20(24)26-14-8-6-13(25-2)7-9-14/h4-12H,3H2,1-2H3. The van der Waals surface area contributed by atoms with E-state index in [9.17, 15) is 4.79 Å². The number of aromatic nitrogens is 3. The van der Waals surface area contributed by atoms with Crippen LogP contribution in [0.1, 0.15) is 17.3 Å². The molecule has 0 N–H and O–H groups in total. The second kappa shape index (κ2) is 7.20. The Balaban J connectivity index is 1.76. The van der Waals surface area contributed by atoms with Crippen molar-refractivity contribution in [2.24, 2.45) is 0 Å².